The Balaban J connectivity index is 1.33. The van der Waals surface area contributed by atoms with E-state index in [0.29, 0.717) is 29.3 Å². The fourth-order valence-electron chi connectivity index (χ4n) is 4.86. The fourth-order valence-corrected chi connectivity index (χ4v) is 4.86. The minimum atomic E-state index is -0.530. The zero-order valence-corrected chi connectivity index (χ0v) is 19.8. The lowest BCUT2D eigenvalue weighted by Gasteiger charge is -2.34. The zero-order valence-electron chi connectivity index (χ0n) is 19.8. The normalized spacial score (nSPS) is 19.1. The van der Waals surface area contributed by atoms with Crippen molar-refractivity contribution in [3.8, 4) is 0 Å². The Morgan fingerprint density at radius 3 is 2.57 bits per heavy atom. The summed E-state index contributed by atoms with van der Waals surface area (Å²) in [5.41, 5.74) is 8.29. The van der Waals surface area contributed by atoms with Crippen molar-refractivity contribution in [2.24, 2.45) is 5.73 Å². The van der Waals surface area contributed by atoms with Crippen LogP contribution >= 0.6 is 0 Å². The van der Waals surface area contributed by atoms with Crippen molar-refractivity contribution in [3.63, 3.8) is 0 Å². The highest BCUT2D eigenvalue weighted by atomic mass is 16.2. The molecule has 2 fully saturated rings. The van der Waals surface area contributed by atoms with E-state index in [1.54, 1.807) is 6.20 Å². The van der Waals surface area contributed by atoms with E-state index in [0.717, 1.165) is 56.6 Å². The van der Waals surface area contributed by atoms with Gasteiger partial charge in [-0.1, -0.05) is 0 Å². The number of amides is 3. The summed E-state index contributed by atoms with van der Waals surface area (Å²) < 4.78 is 0. The first-order valence-corrected chi connectivity index (χ1v) is 12.0. The molecule has 0 spiro atoms. The number of hydrogen-bond acceptors (Lipinski definition) is 7. The van der Waals surface area contributed by atoms with Gasteiger partial charge < -0.3 is 36.1 Å². The monoisotopic (exact) mass is 477 g/mol. The van der Waals surface area contributed by atoms with Gasteiger partial charge in [-0.3, -0.25) is 4.79 Å². The number of fused-ring (bicyclic) bond motifs is 1. The van der Waals surface area contributed by atoms with Crippen molar-refractivity contribution in [1.82, 2.24) is 25.2 Å². The molecule has 0 radical (unpaired) electrons. The average molecular weight is 478 g/mol. The van der Waals surface area contributed by atoms with Crippen LogP contribution in [0.2, 0.25) is 0 Å². The highest BCUT2D eigenvalue weighted by Gasteiger charge is 2.25. The molecule has 35 heavy (non-hydrogen) atoms. The number of piperidine rings is 1. The molecular weight excluding hydrogens is 446 g/mol. The first-order chi connectivity index (χ1) is 17.0. The van der Waals surface area contributed by atoms with Crippen LogP contribution < -0.4 is 26.2 Å². The van der Waals surface area contributed by atoms with Gasteiger partial charge in [-0.25, -0.2) is 14.8 Å². The molecule has 2 aromatic heterocycles. The van der Waals surface area contributed by atoms with Crippen LogP contribution in [-0.4, -0.2) is 84.1 Å². The summed E-state index contributed by atoms with van der Waals surface area (Å²) in [6.07, 6.45) is 4.99. The van der Waals surface area contributed by atoms with Gasteiger partial charge in [-0.15, -0.1) is 0 Å². The predicted molar refractivity (Wildman–Crippen MR) is 136 cm³/mol. The molecule has 2 aliphatic rings. The molecular formula is C24H31N9O2. The van der Waals surface area contributed by atoms with Crippen LogP contribution in [0.4, 0.5) is 22.0 Å². The molecule has 2 aliphatic heterocycles. The van der Waals surface area contributed by atoms with Crippen LogP contribution in [-0.2, 0) is 0 Å². The number of hydrogen-bond donors (Lipinski definition) is 4. The Morgan fingerprint density at radius 1 is 1.06 bits per heavy atom. The number of benzene rings is 1. The maximum Gasteiger partial charge on any atom is 0.312 e. The van der Waals surface area contributed by atoms with E-state index in [1.807, 2.05) is 24.3 Å². The summed E-state index contributed by atoms with van der Waals surface area (Å²) in [6, 6.07) is 7.15. The fraction of sp³-hybridized carbons (Fsp3) is 0.417. The Bertz CT molecular complexity index is 1200. The smallest absolute Gasteiger partial charge is 0.312 e. The van der Waals surface area contributed by atoms with E-state index < -0.39 is 6.03 Å². The number of primary amides is 1. The molecule has 1 aromatic carbocycles. The SMILES string of the molecule is CN1CCN(c2ccc(C(=O)Nc3c[nH]c4ncnc(N5CCCC(NC(N)=O)C5)c34)cc2)CC1. The zero-order chi connectivity index (χ0) is 24.4. The molecule has 3 amide bonds. The topological polar surface area (TPSA) is 136 Å². The number of aromatic nitrogens is 3. The second-order valence-corrected chi connectivity index (χ2v) is 9.21. The second kappa shape index (κ2) is 9.79. The highest BCUT2D eigenvalue weighted by Crippen LogP contribution is 2.32. The van der Waals surface area contributed by atoms with Crippen molar-refractivity contribution < 1.29 is 9.59 Å². The Morgan fingerprint density at radius 2 is 1.83 bits per heavy atom. The largest absolute Gasteiger partial charge is 0.369 e. The Labute approximate surface area is 203 Å². The Hall–Kier alpha value is -3.86. The number of carbonyl (C=O) groups is 2. The number of anilines is 3. The van der Waals surface area contributed by atoms with Crippen LogP contribution in [0.15, 0.2) is 36.8 Å². The van der Waals surface area contributed by atoms with Gasteiger partial charge in [-0.2, -0.15) is 0 Å². The van der Waals surface area contributed by atoms with Crippen LogP contribution in [0.25, 0.3) is 11.0 Å². The molecule has 5 rings (SSSR count). The van der Waals surface area contributed by atoms with Crippen LogP contribution in [0.1, 0.15) is 23.2 Å². The van der Waals surface area contributed by atoms with E-state index in [9.17, 15) is 9.59 Å². The number of rotatable bonds is 5. The number of H-pyrrole nitrogens is 1. The molecule has 3 aromatic rings. The molecule has 1 atom stereocenters. The molecule has 4 heterocycles. The van der Waals surface area contributed by atoms with E-state index >= 15 is 0 Å². The molecule has 0 aliphatic carbocycles. The van der Waals surface area contributed by atoms with Crippen molar-refractivity contribution in [2.45, 2.75) is 18.9 Å². The van der Waals surface area contributed by atoms with Crippen molar-refractivity contribution >= 4 is 40.2 Å². The van der Waals surface area contributed by atoms with Crippen LogP contribution in [0, 0.1) is 0 Å². The van der Waals surface area contributed by atoms with E-state index in [1.165, 1.54) is 6.33 Å². The average Bonchev–Trinajstić information content (AvgIpc) is 3.27. The second-order valence-electron chi connectivity index (χ2n) is 9.21. The minimum Gasteiger partial charge on any atom is -0.369 e. The summed E-state index contributed by atoms with van der Waals surface area (Å²) in [5.74, 6) is 0.519. The molecule has 5 N–H and O–H groups in total. The third-order valence-corrected chi connectivity index (χ3v) is 6.76. The molecule has 0 bridgehead atoms. The minimum absolute atomic E-state index is 0.0536. The maximum absolute atomic E-state index is 13.1. The molecule has 184 valence electrons. The van der Waals surface area contributed by atoms with Gasteiger partial charge in [-0.05, 0) is 44.2 Å². The summed E-state index contributed by atoms with van der Waals surface area (Å²) in [7, 11) is 2.13. The summed E-state index contributed by atoms with van der Waals surface area (Å²) in [4.78, 5) is 43.1. The molecule has 11 heteroatoms. The van der Waals surface area contributed by atoms with Crippen LogP contribution in [0.3, 0.4) is 0 Å². The number of likely N-dealkylation sites (N-methyl/N-ethyl adjacent to an activating group) is 1. The summed E-state index contributed by atoms with van der Waals surface area (Å²) in [6.45, 7) is 5.39. The highest BCUT2D eigenvalue weighted by molar-refractivity contribution is 6.11. The van der Waals surface area contributed by atoms with Gasteiger partial charge in [0, 0.05) is 62.8 Å². The number of piperazine rings is 1. The number of nitrogens with zero attached hydrogens (tertiary/aromatic N) is 5. The van der Waals surface area contributed by atoms with Gasteiger partial charge >= 0.3 is 6.03 Å². The number of carbonyl (C=O) groups excluding carboxylic acids is 2. The van der Waals surface area contributed by atoms with Gasteiger partial charge in [0.1, 0.15) is 17.8 Å². The quantitative estimate of drug-likeness (QED) is 0.438. The molecule has 0 saturated carbocycles. The molecule has 1 unspecified atom stereocenters. The lowest BCUT2D eigenvalue weighted by atomic mass is 10.1. The summed E-state index contributed by atoms with van der Waals surface area (Å²) in [5, 5.41) is 6.56. The van der Waals surface area contributed by atoms with Crippen LogP contribution in [0.5, 0.6) is 0 Å². The van der Waals surface area contributed by atoms with E-state index in [-0.39, 0.29) is 11.9 Å². The van der Waals surface area contributed by atoms with Gasteiger partial charge in [0.25, 0.3) is 5.91 Å². The van der Waals surface area contributed by atoms with E-state index in [2.05, 4.69) is 47.3 Å². The lowest BCUT2D eigenvalue weighted by molar-refractivity contribution is 0.102. The van der Waals surface area contributed by atoms with Gasteiger partial charge in [0.15, 0.2) is 0 Å². The molecule has 2 saturated heterocycles. The summed E-state index contributed by atoms with van der Waals surface area (Å²) >= 11 is 0. The van der Waals surface area contributed by atoms with Gasteiger partial charge in [0.05, 0.1) is 11.1 Å². The van der Waals surface area contributed by atoms with Crippen molar-refractivity contribution in [1.29, 1.82) is 0 Å². The first-order valence-electron chi connectivity index (χ1n) is 12.0. The standard InChI is InChI=1S/C24H31N9O2/c1-31-9-11-32(12-10-31)18-6-4-16(5-7-18)23(34)30-19-13-26-21-20(19)22(28-15-27-21)33-8-2-3-17(14-33)29-24(25)35/h4-7,13,15,17H,2-3,8-12,14H2,1H3,(H,30,34)(H3,25,29,35)(H,26,27,28). The van der Waals surface area contributed by atoms with Crippen molar-refractivity contribution in [2.75, 3.05) is 61.4 Å². The first kappa shape index (κ1) is 22.9. The molecule has 11 nitrogen and oxygen atoms in total. The third-order valence-electron chi connectivity index (χ3n) is 6.76. The number of nitrogens with two attached hydrogens (primary N) is 1. The lowest BCUT2D eigenvalue weighted by Crippen LogP contribution is -2.49. The Kier molecular flexibility index (Phi) is 6.41. The van der Waals surface area contributed by atoms with Gasteiger partial charge in [0.2, 0.25) is 0 Å². The number of aromatic amines is 1. The number of urea groups is 1. The van der Waals surface area contributed by atoms with Crippen molar-refractivity contribution in [3.05, 3.63) is 42.4 Å². The van der Waals surface area contributed by atoms with E-state index in [4.69, 9.17) is 5.73 Å². The third kappa shape index (κ3) is 4.99. The maximum atomic E-state index is 13.1. The number of nitrogens with one attached hydrogen (secondary N) is 3. The predicted octanol–water partition coefficient (Wildman–Crippen LogP) is 1.60.